The molecule has 3 fully saturated rings. The van der Waals surface area contributed by atoms with Gasteiger partial charge in [-0.1, -0.05) is 104 Å². The maximum Gasteiger partial charge on any atom is 0.305 e. The van der Waals surface area contributed by atoms with Crippen molar-refractivity contribution in [2.75, 3.05) is 39.5 Å². The molecule has 2 bridgehead atoms. The Labute approximate surface area is 303 Å². The Kier molecular flexibility index (Phi) is 26.4. The van der Waals surface area contributed by atoms with Gasteiger partial charge in [0.25, 0.3) is 0 Å². The van der Waals surface area contributed by atoms with Crippen LogP contribution in [-0.2, 0) is 19.1 Å². The largest absolute Gasteiger partial charge is 0.466 e. The first-order chi connectivity index (χ1) is 24.0. The van der Waals surface area contributed by atoms with Crippen molar-refractivity contribution in [1.82, 2.24) is 4.90 Å². The third-order valence-electron chi connectivity index (χ3n) is 12.0. The molecule has 0 atom stereocenters. The number of ether oxygens (including phenoxy) is 2. The maximum atomic E-state index is 12.3. The first-order valence-electron chi connectivity index (χ1n) is 21.6. The quantitative estimate of drug-likeness (QED) is 0.0535. The molecule has 0 aromatic rings. The molecular weight excluding hydrogens is 610 g/mol. The molecule has 3 rings (SSSR count). The molecule has 0 aromatic carbocycles. The molecule has 0 spiro atoms. The number of esters is 2. The second-order valence-corrected chi connectivity index (χ2v) is 16.1. The van der Waals surface area contributed by atoms with E-state index in [0.29, 0.717) is 37.4 Å². The van der Waals surface area contributed by atoms with Gasteiger partial charge in [-0.2, -0.15) is 0 Å². The number of carbonyl (C=O) groups is 2. The van der Waals surface area contributed by atoms with Crippen LogP contribution >= 0.6 is 0 Å². The van der Waals surface area contributed by atoms with Crippen LogP contribution in [0.3, 0.4) is 0 Å². The molecule has 1 N–H and O–H groups in total. The van der Waals surface area contributed by atoms with E-state index in [1.54, 1.807) is 0 Å². The molecule has 0 aliphatic heterocycles. The first-order valence-corrected chi connectivity index (χ1v) is 21.6. The lowest BCUT2D eigenvalue weighted by atomic mass is 9.59. The Morgan fingerprint density at radius 1 is 0.612 bits per heavy atom. The van der Waals surface area contributed by atoms with Crippen LogP contribution < -0.4 is 0 Å². The minimum absolute atomic E-state index is 0.00516. The molecular formula is C43H81NO5. The van der Waals surface area contributed by atoms with Crippen LogP contribution in [0.4, 0.5) is 0 Å². The lowest BCUT2D eigenvalue weighted by Gasteiger charge is -2.46. The second-order valence-electron chi connectivity index (χ2n) is 16.1. The zero-order valence-corrected chi connectivity index (χ0v) is 32.6. The summed E-state index contributed by atoms with van der Waals surface area (Å²) in [6.45, 7) is 9.35. The minimum Gasteiger partial charge on any atom is -0.466 e. The topological polar surface area (TPSA) is 76.1 Å². The smallest absolute Gasteiger partial charge is 0.305 e. The minimum atomic E-state index is -0.00745. The summed E-state index contributed by atoms with van der Waals surface area (Å²) in [6.07, 6.45) is 35.1. The highest BCUT2D eigenvalue weighted by Crippen LogP contribution is 2.52. The standard InChI is InChI=1S/C43H81NO5/c1-3-5-13-21-39(22-14-6-4-2)28-37-48-41(46)23-15-9-7-11-17-33-44(35-19-20-36-45)34-18-12-8-10-16-24-42(47)49-38-32-43-29-25-40(26-30-43)27-31-43/h39-40,45H,3-38H2,1-2H3. The fourth-order valence-corrected chi connectivity index (χ4v) is 8.43. The molecule has 3 aliphatic rings. The van der Waals surface area contributed by atoms with Crippen molar-refractivity contribution in [2.45, 2.75) is 206 Å². The molecule has 0 amide bonds. The molecule has 0 saturated heterocycles. The molecule has 0 aromatic heterocycles. The van der Waals surface area contributed by atoms with E-state index in [1.165, 1.54) is 128 Å². The third kappa shape index (κ3) is 22.4. The van der Waals surface area contributed by atoms with E-state index in [-0.39, 0.29) is 18.5 Å². The van der Waals surface area contributed by atoms with Crippen LogP contribution in [-0.4, -0.2) is 61.4 Å². The lowest BCUT2D eigenvalue weighted by Crippen LogP contribution is -2.35. The van der Waals surface area contributed by atoms with Crippen molar-refractivity contribution in [2.24, 2.45) is 17.3 Å². The van der Waals surface area contributed by atoms with E-state index in [0.717, 1.165) is 76.9 Å². The molecule has 6 nitrogen and oxygen atoms in total. The summed E-state index contributed by atoms with van der Waals surface area (Å²) in [6, 6.07) is 0. The van der Waals surface area contributed by atoms with E-state index in [1.807, 2.05) is 0 Å². The number of fused-ring (bicyclic) bond motifs is 3. The molecule has 49 heavy (non-hydrogen) atoms. The number of nitrogens with zero attached hydrogens (tertiary/aromatic N) is 1. The van der Waals surface area contributed by atoms with Crippen molar-refractivity contribution in [3.05, 3.63) is 0 Å². The molecule has 0 unspecified atom stereocenters. The first kappa shape index (κ1) is 44.0. The van der Waals surface area contributed by atoms with Crippen molar-refractivity contribution < 1.29 is 24.2 Å². The predicted octanol–water partition coefficient (Wildman–Crippen LogP) is 11.4. The Bertz CT molecular complexity index is 771. The predicted molar refractivity (Wildman–Crippen MR) is 205 cm³/mol. The van der Waals surface area contributed by atoms with Crippen molar-refractivity contribution >= 4 is 11.9 Å². The highest BCUT2D eigenvalue weighted by molar-refractivity contribution is 5.69. The maximum absolute atomic E-state index is 12.3. The molecule has 0 heterocycles. The molecule has 0 radical (unpaired) electrons. The summed E-state index contributed by atoms with van der Waals surface area (Å²) in [7, 11) is 0. The van der Waals surface area contributed by atoms with E-state index in [2.05, 4.69) is 18.7 Å². The van der Waals surface area contributed by atoms with Gasteiger partial charge < -0.3 is 19.5 Å². The summed E-state index contributed by atoms with van der Waals surface area (Å²) in [5, 5.41) is 9.25. The average Bonchev–Trinajstić information content (AvgIpc) is 3.11. The number of unbranched alkanes of at least 4 members (excludes halogenated alkanes) is 13. The number of aliphatic hydroxyl groups is 1. The molecule has 288 valence electrons. The van der Waals surface area contributed by atoms with Crippen LogP contribution in [0.25, 0.3) is 0 Å². The third-order valence-corrected chi connectivity index (χ3v) is 12.0. The molecule has 6 heteroatoms. The van der Waals surface area contributed by atoms with Gasteiger partial charge in [0.15, 0.2) is 0 Å². The number of aliphatic hydroxyl groups excluding tert-OH is 1. The zero-order valence-electron chi connectivity index (χ0n) is 32.6. The molecule has 3 aliphatic carbocycles. The Hall–Kier alpha value is -1.14. The number of rotatable bonds is 34. The van der Waals surface area contributed by atoms with Crippen LogP contribution in [0.5, 0.6) is 0 Å². The van der Waals surface area contributed by atoms with E-state index in [4.69, 9.17) is 9.47 Å². The number of carbonyl (C=O) groups excluding carboxylic acids is 2. The summed E-state index contributed by atoms with van der Waals surface area (Å²) in [5.74, 6) is 1.70. The van der Waals surface area contributed by atoms with Gasteiger partial charge in [-0.15, -0.1) is 0 Å². The van der Waals surface area contributed by atoms with E-state index >= 15 is 0 Å². The average molecular weight is 692 g/mol. The van der Waals surface area contributed by atoms with Crippen LogP contribution in [0.15, 0.2) is 0 Å². The fraction of sp³-hybridized carbons (Fsp3) is 0.953. The summed E-state index contributed by atoms with van der Waals surface area (Å²) in [5.41, 5.74) is 0.489. The Morgan fingerprint density at radius 2 is 1.08 bits per heavy atom. The van der Waals surface area contributed by atoms with Gasteiger partial charge in [-0.25, -0.2) is 0 Å². The highest BCUT2D eigenvalue weighted by Gasteiger charge is 2.40. The number of hydrogen-bond acceptors (Lipinski definition) is 6. The SMILES string of the molecule is CCCCCC(CCCCC)CCOC(=O)CCCCCCCN(CCCCO)CCCCCCCC(=O)OCCC12CCC(CC1)CC2. The fourth-order valence-electron chi connectivity index (χ4n) is 8.43. The summed E-state index contributed by atoms with van der Waals surface area (Å²) in [4.78, 5) is 27.2. The Morgan fingerprint density at radius 3 is 1.59 bits per heavy atom. The van der Waals surface area contributed by atoms with Gasteiger partial charge in [0.05, 0.1) is 13.2 Å². The summed E-state index contributed by atoms with van der Waals surface area (Å²) >= 11 is 0. The van der Waals surface area contributed by atoms with Crippen molar-refractivity contribution in [3.8, 4) is 0 Å². The second kappa shape index (κ2) is 29.4. The number of hydrogen-bond donors (Lipinski definition) is 1. The van der Waals surface area contributed by atoms with Crippen LogP contribution in [0.2, 0.25) is 0 Å². The van der Waals surface area contributed by atoms with Crippen LogP contribution in [0, 0.1) is 17.3 Å². The van der Waals surface area contributed by atoms with Gasteiger partial charge >= 0.3 is 11.9 Å². The summed E-state index contributed by atoms with van der Waals surface area (Å²) < 4.78 is 11.3. The normalized spacial score (nSPS) is 18.8. The van der Waals surface area contributed by atoms with Gasteiger partial charge in [-0.3, -0.25) is 9.59 Å². The Balaban J connectivity index is 1.45. The highest BCUT2D eigenvalue weighted by atomic mass is 16.5. The van der Waals surface area contributed by atoms with E-state index < -0.39 is 0 Å². The zero-order chi connectivity index (χ0) is 35.3. The van der Waals surface area contributed by atoms with Crippen LogP contribution in [0.1, 0.15) is 206 Å². The van der Waals surface area contributed by atoms with Gasteiger partial charge in [-0.05, 0) is 127 Å². The van der Waals surface area contributed by atoms with Gasteiger partial charge in [0.2, 0.25) is 0 Å². The van der Waals surface area contributed by atoms with Crippen molar-refractivity contribution in [3.63, 3.8) is 0 Å². The lowest BCUT2D eigenvalue weighted by molar-refractivity contribution is -0.145. The molecule has 3 saturated carbocycles. The van der Waals surface area contributed by atoms with Gasteiger partial charge in [0.1, 0.15) is 0 Å². The monoisotopic (exact) mass is 692 g/mol. The van der Waals surface area contributed by atoms with Gasteiger partial charge in [0, 0.05) is 19.4 Å². The van der Waals surface area contributed by atoms with E-state index in [9.17, 15) is 14.7 Å². The van der Waals surface area contributed by atoms with Crippen molar-refractivity contribution in [1.29, 1.82) is 0 Å².